The Balaban J connectivity index is 0.00000137. The van der Waals surface area contributed by atoms with Crippen LogP contribution in [0.1, 0.15) is 43.2 Å². The van der Waals surface area contributed by atoms with E-state index in [4.69, 9.17) is 9.84 Å². The summed E-state index contributed by atoms with van der Waals surface area (Å²) in [4.78, 5) is 16.1. The van der Waals surface area contributed by atoms with E-state index in [0.717, 1.165) is 0 Å². The number of nitrogens with zero attached hydrogens (tertiary/aromatic N) is 1. The summed E-state index contributed by atoms with van der Waals surface area (Å²) in [6.45, 7) is 7.61. The second kappa shape index (κ2) is 8.64. The summed E-state index contributed by atoms with van der Waals surface area (Å²) in [6, 6.07) is 3.39. The monoisotopic (exact) mass is 253 g/mol. The van der Waals surface area contributed by atoms with Crippen LogP contribution in [0.2, 0.25) is 0 Å². The van der Waals surface area contributed by atoms with Gasteiger partial charge in [0.25, 0.3) is 0 Å². The number of hydrogen-bond acceptors (Lipinski definition) is 4. The van der Waals surface area contributed by atoms with E-state index in [2.05, 4.69) is 4.98 Å². The van der Waals surface area contributed by atoms with E-state index in [1.165, 1.54) is 7.11 Å². The maximum Gasteiger partial charge on any atom is 0.213 e. The van der Waals surface area contributed by atoms with E-state index in [9.17, 15) is 4.79 Å². The molecule has 102 valence electrons. The summed E-state index contributed by atoms with van der Waals surface area (Å²) in [6.07, 6.45) is 0.476. The molecular weight excluding hydrogens is 230 g/mol. The van der Waals surface area contributed by atoms with Crippen LogP contribution in [-0.2, 0) is 0 Å². The Morgan fingerprint density at radius 2 is 2.06 bits per heavy atom. The van der Waals surface area contributed by atoms with Crippen molar-refractivity contribution in [3.63, 3.8) is 0 Å². The van der Waals surface area contributed by atoms with Gasteiger partial charge in [0, 0.05) is 24.2 Å². The number of ether oxygens (including phenoxy) is 1. The topological polar surface area (TPSA) is 59.4 Å². The van der Waals surface area contributed by atoms with Gasteiger partial charge in [0.2, 0.25) is 5.88 Å². The summed E-state index contributed by atoms with van der Waals surface area (Å²) < 4.78 is 4.98. The number of aryl methyl sites for hydroxylation is 1. The molecular formula is C14H23NO3. The number of carbonyl (C=O) groups is 1. The molecule has 0 aliphatic rings. The lowest BCUT2D eigenvalue weighted by atomic mass is 9.96. The zero-order chi connectivity index (χ0) is 14.1. The molecule has 1 aromatic rings. The zero-order valence-corrected chi connectivity index (χ0v) is 11.9. The first-order valence-corrected chi connectivity index (χ1v) is 6.26. The van der Waals surface area contributed by atoms with Gasteiger partial charge in [-0.05, 0) is 19.4 Å². The fraction of sp³-hybridized carbons (Fsp3) is 0.571. The lowest BCUT2D eigenvalue weighted by Crippen LogP contribution is -2.14. The molecule has 0 spiro atoms. The molecule has 1 unspecified atom stereocenters. The van der Waals surface area contributed by atoms with Gasteiger partial charge in [-0.15, -0.1) is 0 Å². The van der Waals surface area contributed by atoms with Crippen molar-refractivity contribution >= 4 is 5.78 Å². The molecule has 1 rings (SSSR count). The van der Waals surface area contributed by atoms with Crippen molar-refractivity contribution in [2.75, 3.05) is 13.7 Å². The van der Waals surface area contributed by atoms with Crippen LogP contribution in [0.25, 0.3) is 0 Å². The highest BCUT2D eigenvalue weighted by atomic mass is 16.5. The number of methoxy groups -OCH3 is 1. The van der Waals surface area contributed by atoms with Crippen LogP contribution < -0.4 is 4.74 Å². The molecule has 0 fully saturated rings. The van der Waals surface area contributed by atoms with Crippen molar-refractivity contribution < 1.29 is 14.6 Å². The molecule has 0 radical (unpaired) electrons. The summed E-state index contributed by atoms with van der Waals surface area (Å²) >= 11 is 0. The van der Waals surface area contributed by atoms with E-state index in [0.29, 0.717) is 23.6 Å². The number of pyridine rings is 1. The third-order valence-electron chi connectivity index (χ3n) is 2.54. The molecule has 1 atom stereocenters. The molecule has 18 heavy (non-hydrogen) atoms. The zero-order valence-electron chi connectivity index (χ0n) is 11.9. The first-order valence-electron chi connectivity index (χ1n) is 6.26. The van der Waals surface area contributed by atoms with Crippen molar-refractivity contribution in [1.82, 2.24) is 4.98 Å². The molecule has 4 nitrogen and oxygen atoms in total. The standard InChI is InChI=1S/C12H17NO3.C2H6/c1-8(6-7-14)12(15)10-4-5-11(16-3)13-9(10)2;1-2/h4-5,8,14H,6-7H2,1-3H3;1-2H3. The van der Waals surface area contributed by atoms with Crippen molar-refractivity contribution in [2.45, 2.75) is 34.1 Å². The molecule has 0 amide bonds. The Hall–Kier alpha value is -1.42. The highest BCUT2D eigenvalue weighted by Gasteiger charge is 2.17. The SMILES string of the molecule is CC.COc1ccc(C(=O)C(C)CCO)c(C)n1. The number of aliphatic hydroxyl groups is 1. The van der Waals surface area contributed by atoms with Crippen molar-refractivity contribution in [1.29, 1.82) is 0 Å². The quantitative estimate of drug-likeness (QED) is 0.819. The van der Waals surface area contributed by atoms with Crippen molar-refractivity contribution in [3.05, 3.63) is 23.4 Å². The summed E-state index contributed by atoms with van der Waals surface area (Å²) in [5, 5.41) is 8.80. The summed E-state index contributed by atoms with van der Waals surface area (Å²) in [5.41, 5.74) is 1.26. The molecule has 0 bridgehead atoms. The number of aliphatic hydroxyl groups excluding tert-OH is 1. The number of hydrogen-bond donors (Lipinski definition) is 1. The van der Waals surface area contributed by atoms with Crippen LogP contribution in [0, 0.1) is 12.8 Å². The number of aromatic nitrogens is 1. The molecule has 0 saturated heterocycles. The summed E-state index contributed by atoms with van der Waals surface area (Å²) in [5.74, 6) is 0.337. The molecule has 1 heterocycles. The first-order chi connectivity index (χ1) is 8.60. The molecule has 0 aliphatic carbocycles. The van der Waals surface area contributed by atoms with Crippen LogP contribution in [-0.4, -0.2) is 29.6 Å². The van der Waals surface area contributed by atoms with Gasteiger partial charge in [-0.2, -0.15) is 0 Å². The Bertz CT molecular complexity index is 377. The van der Waals surface area contributed by atoms with Gasteiger partial charge in [-0.25, -0.2) is 4.98 Å². The van der Waals surface area contributed by atoms with E-state index < -0.39 is 0 Å². The van der Waals surface area contributed by atoms with Gasteiger partial charge in [0.15, 0.2) is 5.78 Å². The highest BCUT2D eigenvalue weighted by Crippen LogP contribution is 2.17. The average Bonchev–Trinajstić information content (AvgIpc) is 2.40. The third-order valence-corrected chi connectivity index (χ3v) is 2.54. The third kappa shape index (κ3) is 4.45. The van der Waals surface area contributed by atoms with E-state index in [1.54, 1.807) is 19.1 Å². The fourth-order valence-corrected chi connectivity index (χ4v) is 1.50. The van der Waals surface area contributed by atoms with Crippen LogP contribution in [0.3, 0.4) is 0 Å². The molecule has 0 aliphatic heterocycles. The van der Waals surface area contributed by atoms with Gasteiger partial charge in [0.1, 0.15) is 0 Å². The normalized spacial score (nSPS) is 11.2. The number of ketones is 1. The van der Waals surface area contributed by atoms with Gasteiger partial charge < -0.3 is 9.84 Å². The maximum absolute atomic E-state index is 12.0. The van der Waals surface area contributed by atoms with Crippen LogP contribution in [0.5, 0.6) is 5.88 Å². The Morgan fingerprint density at radius 3 is 2.50 bits per heavy atom. The van der Waals surface area contributed by atoms with Crippen molar-refractivity contribution in [3.8, 4) is 5.88 Å². The molecule has 1 aromatic heterocycles. The van der Waals surface area contributed by atoms with Gasteiger partial charge in [-0.3, -0.25) is 4.79 Å². The predicted octanol–water partition coefficient (Wildman–Crippen LogP) is 2.63. The lowest BCUT2D eigenvalue weighted by molar-refractivity contribution is 0.0907. The minimum Gasteiger partial charge on any atom is -0.481 e. The molecule has 0 aromatic carbocycles. The Kier molecular flexibility index (Phi) is 7.96. The van der Waals surface area contributed by atoms with Gasteiger partial charge in [0.05, 0.1) is 12.8 Å². The second-order valence-electron chi connectivity index (χ2n) is 3.76. The number of Topliss-reactive ketones (excluding diaryl/α,β-unsaturated/α-hetero) is 1. The highest BCUT2D eigenvalue weighted by molar-refractivity contribution is 5.98. The predicted molar refractivity (Wildman–Crippen MR) is 72.1 cm³/mol. The average molecular weight is 253 g/mol. The number of rotatable bonds is 5. The van der Waals surface area contributed by atoms with Crippen LogP contribution in [0.15, 0.2) is 12.1 Å². The smallest absolute Gasteiger partial charge is 0.213 e. The summed E-state index contributed by atoms with van der Waals surface area (Å²) in [7, 11) is 1.54. The van der Waals surface area contributed by atoms with E-state index in [1.807, 2.05) is 20.8 Å². The van der Waals surface area contributed by atoms with Crippen molar-refractivity contribution in [2.24, 2.45) is 5.92 Å². The lowest BCUT2D eigenvalue weighted by Gasteiger charge is -2.11. The van der Waals surface area contributed by atoms with Crippen LogP contribution >= 0.6 is 0 Å². The molecule has 4 heteroatoms. The number of carbonyl (C=O) groups excluding carboxylic acids is 1. The fourth-order valence-electron chi connectivity index (χ4n) is 1.50. The Morgan fingerprint density at radius 1 is 1.44 bits per heavy atom. The molecule has 1 N–H and O–H groups in total. The second-order valence-corrected chi connectivity index (χ2v) is 3.76. The minimum atomic E-state index is -0.182. The van der Waals surface area contributed by atoms with E-state index >= 15 is 0 Å². The van der Waals surface area contributed by atoms with Gasteiger partial charge in [-0.1, -0.05) is 20.8 Å². The largest absolute Gasteiger partial charge is 0.481 e. The molecule has 0 saturated carbocycles. The first kappa shape index (κ1) is 16.6. The van der Waals surface area contributed by atoms with E-state index in [-0.39, 0.29) is 18.3 Å². The van der Waals surface area contributed by atoms with Gasteiger partial charge >= 0.3 is 0 Å². The minimum absolute atomic E-state index is 0.0155. The Labute approximate surface area is 109 Å². The van der Waals surface area contributed by atoms with Crippen LogP contribution in [0.4, 0.5) is 0 Å². The maximum atomic E-state index is 12.0.